The van der Waals surface area contributed by atoms with Gasteiger partial charge in [0.25, 0.3) is 0 Å². The number of fused-ring (bicyclic) bond motifs is 1. The van der Waals surface area contributed by atoms with Crippen LogP contribution >= 0.6 is 0 Å². The first-order valence-corrected chi connectivity index (χ1v) is 5.53. The molecule has 2 N–H and O–H groups in total. The number of carbonyl (C=O) groups excluding carboxylic acids is 1. The molecule has 0 aromatic heterocycles. The van der Waals surface area contributed by atoms with E-state index >= 15 is 0 Å². The lowest BCUT2D eigenvalue weighted by atomic mass is 10.0. The van der Waals surface area contributed by atoms with Gasteiger partial charge in [0.1, 0.15) is 0 Å². The maximum atomic E-state index is 12.2. The van der Waals surface area contributed by atoms with Crippen molar-refractivity contribution in [2.24, 2.45) is 0 Å². The molecule has 0 unspecified atom stereocenters. The van der Waals surface area contributed by atoms with Crippen LogP contribution in [0.4, 0.5) is 13.2 Å². The van der Waals surface area contributed by atoms with Crippen molar-refractivity contribution in [2.45, 2.75) is 25.1 Å². The molecule has 0 spiro atoms. The van der Waals surface area contributed by atoms with Crippen LogP contribution in [0.3, 0.4) is 0 Å². The van der Waals surface area contributed by atoms with Crippen molar-refractivity contribution >= 4 is 11.9 Å². The van der Waals surface area contributed by atoms with Gasteiger partial charge in [0.2, 0.25) is 0 Å². The van der Waals surface area contributed by atoms with Crippen LogP contribution in [0, 0.1) is 0 Å². The summed E-state index contributed by atoms with van der Waals surface area (Å²) < 4.78 is 36.5. The first-order valence-electron chi connectivity index (χ1n) is 5.53. The van der Waals surface area contributed by atoms with Crippen molar-refractivity contribution in [1.82, 2.24) is 5.32 Å². The molecular weight excluding hydrogens is 263 g/mol. The van der Waals surface area contributed by atoms with E-state index in [0.717, 1.165) is 0 Å². The fourth-order valence-corrected chi connectivity index (χ4v) is 2.24. The molecule has 0 fully saturated rings. The van der Waals surface area contributed by atoms with E-state index in [-0.39, 0.29) is 12.0 Å². The lowest BCUT2D eigenvalue weighted by molar-refractivity contribution is -0.174. The van der Waals surface area contributed by atoms with Crippen molar-refractivity contribution in [2.75, 3.05) is 0 Å². The van der Waals surface area contributed by atoms with Crippen LogP contribution in [0.5, 0.6) is 0 Å². The quantitative estimate of drug-likeness (QED) is 0.866. The summed E-state index contributed by atoms with van der Waals surface area (Å²) in [5.74, 6) is -3.13. The third-order valence-corrected chi connectivity index (χ3v) is 3.06. The predicted molar refractivity (Wildman–Crippen MR) is 58.7 cm³/mol. The molecule has 2 rings (SSSR count). The Hall–Kier alpha value is -2.05. The van der Waals surface area contributed by atoms with Gasteiger partial charge in [0, 0.05) is 0 Å². The van der Waals surface area contributed by atoms with E-state index < -0.39 is 24.1 Å². The Kier molecular flexibility index (Phi) is 3.21. The molecule has 1 atom stereocenters. The van der Waals surface area contributed by atoms with E-state index in [9.17, 15) is 22.8 Å². The van der Waals surface area contributed by atoms with Crippen LogP contribution in [0.25, 0.3) is 0 Å². The second-order valence-electron chi connectivity index (χ2n) is 4.24. The molecule has 0 radical (unpaired) electrons. The van der Waals surface area contributed by atoms with E-state index in [4.69, 9.17) is 5.11 Å². The van der Waals surface area contributed by atoms with Crippen molar-refractivity contribution in [3.05, 3.63) is 34.9 Å². The van der Waals surface area contributed by atoms with Crippen LogP contribution in [-0.2, 0) is 11.2 Å². The molecule has 0 aliphatic heterocycles. The number of aromatic carboxylic acids is 1. The minimum atomic E-state index is -4.94. The third-order valence-electron chi connectivity index (χ3n) is 3.06. The molecule has 0 saturated heterocycles. The maximum absolute atomic E-state index is 12.2. The molecule has 0 bridgehead atoms. The number of benzene rings is 1. The van der Waals surface area contributed by atoms with E-state index in [0.29, 0.717) is 17.5 Å². The Morgan fingerprint density at radius 3 is 2.58 bits per heavy atom. The summed E-state index contributed by atoms with van der Waals surface area (Å²) in [6.07, 6.45) is -4.34. The predicted octanol–water partition coefficient (Wildman–Crippen LogP) is 2.05. The second kappa shape index (κ2) is 4.56. The van der Waals surface area contributed by atoms with Gasteiger partial charge in [-0.1, -0.05) is 12.1 Å². The number of halogens is 3. The zero-order valence-electron chi connectivity index (χ0n) is 9.62. The highest BCUT2D eigenvalue weighted by atomic mass is 19.4. The first kappa shape index (κ1) is 13.4. The van der Waals surface area contributed by atoms with Crippen LogP contribution < -0.4 is 5.32 Å². The highest BCUT2D eigenvalue weighted by Crippen LogP contribution is 2.34. The van der Waals surface area contributed by atoms with Gasteiger partial charge in [-0.05, 0) is 30.0 Å². The molecular formula is C12H10F3NO3. The minimum Gasteiger partial charge on any atom is -0.478 e. The number of amides is 1. The average Bonchev–Trinajstić information content (AvgIpc) is 2.71. The monoisotopic (exact) mass is 273 g/mol. The standard InChI is InChI=1S/C12H10F3NO3/c13-12(14,15)11(19)16-9-5-4-6-7(9)2-1-3-8(6)10(17)18/h1-3,9H,4-5H2,(H,16,19)(H,17,18)/t9-/m0/s1. The molecule has 4 nitrogen and oxygen atoms in total. The first-order chi connectivity index (χ1) is 8.80. The molecule has 1 aliphatic carbocycles. The van der Waals surface area contributed by atoms with Gasteiger partial charge in [-0.3, -0.25) is 4.79 Å². The molecule has 7 heteroatoms. The average molecular weight is 273 g/mol. The topological polar surface area (TPSA) is 66.4 Å². The lowest BCUT2D eigenvalue weighted by Crippen LogP contribution is -2.38. The van der Waals surface area contributed by atoms with Gasteiger partial charge in [-0.2, -0.15) is 13.2 Å². The fraction of sp³-hybridized carbons (Fsp3) is 0.333. The van der Waals surface area contributed by atoms with E-state index in [1.165, 1.54) is 18.2 Å². The van der Waals surface area contributed by atoms with Gasteiger partial charge in [0.15, 0.2) is 0 Å². The summed E-state index contributed by atoms with van der Waals surface area (Å²) >= 11 is 0. The van der Waals surface area contributed by atoms with Crippen molar-refractivity contribution in [3.8, 4) is 0 Å². The number of carbonyl (C=O) groups is 2. The molecule has 0 saturated carbocycles. The molecule has 1 amide bonds. The lowest BCUT2D eigenvalue weighted by Gasteiger charge is -2.15. The highest BCUT2D eigenvalue weighted by Gasteiger charge is 2.41. The van der Waals surface area contributed by atoms with Crippen LogP contribution in [0.15, 0.2) is 18.2 Å². The number of rotatable bonds is 2. The summed E-state index contributed by atoms with van der Waals surface area (Å²) in [5, 5.41) is 10.9. The van der Waals surface area contributed by atoms with Gasteiger partial charge in [0.05, 0.1) is 11.6 Å². The maximum Gasteiger partial charge on any atom is 0.471 e. The van der Waals surface area contributed by atoms with E-state index in [1.807, 2.05) is 5.32 Å². The zero-order valence-corrected chi connectivity index (χ0v) is 9.62. The Morgan fingerprint density at radius 1 is 1.32 bits per heavy atom. The highest BCUT2D eigenvalue weighted by molar-refractivity contribution is 5.90. The van der Waals surface area contributed by atoms with E-state index in [2.05, 4.69) is 0 Å². The zero-order chi connectivity index (χ0) is 14.2. The molecule has 1 aromatic carbocycles. The van der Waals surface area contributed by atoms with E-state index in [1.54, 1.807) is 0 Å². The van der Waals surface area contributed by atoms with Gasteiger partial charge >= 0.3 is 18.1 Å². The number of hydrogen-bond donors (Lipinski definition) is 2. The Balaban J connectivity index is 2.26. The van der Waals surface area contributed by atoms with Gasteiger partial charge in [-0.25, -0.2) is 4.79 Å². The second-order valence-corrected chi connectivity index (χ2v) is 4.24. The summed E-state index contributed by atoms with van der Waals surface area (Å²) in [5.41, 5.74) is 1.00. The third kappa shape index (κ3) is 2.54. The number of carboxylic acid groups (broad SMARTS) is 1. The summed E-state index contributed by atoms with van der Waals surface area (Å²) in [4.78, 5) is 21.9. The molecule has 1 aliphatic rings. The minimum absolute atomic E-state index is 0.0706. The number of carboxylic acids is 1. The smallest absolute Gasteiger partial charge is 0.471 e. The fourth-order valence-electron chi connectivity index (χ4n) is 2.24. The van der Waals surface area contributed by atoms with Crippen LogP contribution in [0.1, 0.15) is 33.9 Å². The SMILES string of the molecule is O=C(O)c1cccc2c1CC[C@@H]2NC(=O)C(F)(F)F. The number of nitrogens with one attached hydrogen (secondary N) is 1. The summed E-state index contributed by atoms with van der Waals surface area (Å²) in [6.45, 7) is 0. The summed E-state index contributed by atoms with van der Waals surface area (Å²) in [6, 6.07) is 3.61. The molecule has 102 valence electrons. The Labute approximate surface area is 106 Å². The Bertz CT molecular complexity index is 540. The number of alkyl halides is 3. The molecule has 1 aromatic rings. The van der Waals surface area contributed by atoms with Gasteiger partial charge < -0.3 is 10.4 Å². The molecule has 0 heterocycles. The normalized spacial score (nSPS) is 17.9. The summed E-state index contributed by atoms with van der Waals surface area (Å²) in [7, 11) is 0. The molecule has 19 heavy (non-hydrogen) atoms. The van der Waals surface area contributed by atoms with Crippen molar-refractivity contribution in [1.29, 1.82) is 0 Å². The Morgan fingerprint density at radius 2 is 2.00 bits per heavy atom. The van der Waals surface area contributed by atoms with Crippen LogP contribution in [0.2, 0.25) is 0 Å². The largest absolute Gasteiger partial charge is 0.478 e. The van der Waals surface area contributed by atoms with Crippen molar-refractivity contribution in [3.63, 3.8) is 0 Å². The number of hydrogen-bond acceptors (Lipinski definition) is 2. The van der Waals surface area contributed by atoms with Crippen molar-refractivity contribution < 1.29 is 27.9 Å². The van der Waals surface area contributed by atoms with Gasteiger partial charge in [-0.15, -0.1) is 0 Å². The van der Waals surface area contributed by atoms with Crippen LogP contribution in [-0.4, -0.2) is 23.2 Å².